The molecule has 6 heteroatoms. The van der Waals surface area contributed by atoms with Gasteiger partial charge in [-0.1, -0.05) is 13.8 Å². The van der Waals surface area contributed by atoms with Gasteiger partial charge in [-0.25, -0.2) is 4.79 Å². The first-order chi connectivity index (χ1) is 13.1. The summed E-state index contributed by atoms with van der Waals surface area (Å²) in [6.07, 6.45) is 3.45. The molecule has 0 unspecified atom stereocenters. The average Bonchev–Trinajstić information content (AvgIpc) is 3.01. The van der Waals surface area contributed by atoms with Gasteiger partial charge in [-0.3, -0.25) is 4.90 Å². The number of hydrogen-bond acceptors (Lipinski definition) is 5. The lowest BCUT2D eigenvalue weighted by Crippen LogP contribution is -2.59. The standard InChI is InChI=1S/C21H30N2O4/c1-5-14-12-23-8-7-13-9-17(25-3)18(26-4)10-15(13)16(23)11-21(14)19(6-2)22-20(24)27-21/h9-10,14,16,19H,5-8,11-12H2,1-4H3,(H,22,24)/t14-,16-,19-,21+/m0/s1. The third-order valence-electron chi connectivity index (χ3n) is 6.84. The van der Waals surface area contributed by atoms with Crippen LogP contribution in [-0.2, 0) is 11.2 Å². The Morgan fingerprint density at radius 1 is 1.22 bits per heavy atom. The van der Waals surface area contributed by atoms with E-state index >= 15 is 0 Å². The van der Waals surface area contributed by atoms with Crippen LogP contribution in [0.4, 0.5) is 4.79 Å². The average molecular weight is 374 g/mol. The number of nitrogens with one attached hydrogen (secondary N) is 1. The van der Waals surface area contributed by atoms with Gasteiger partial charge in [-0.2, -0.15) is 0 Å². The third kappa shape index (κ3) is 2.76. The lowest BCUT2D eigenvalue weighted by Gasteiger charge is -2.52. The number of fused-ring (bicyclic) bond motifs is 3. The number of nitrogens with zero attached hydrogens (tertiary/aromatic N) is 1. The monoisotopic (exact) mass is 374 g/mol. The number of benzene rings is 1. The van der Waals surface area contributed by atoms with Crippen LogP contribution in [0.1, 0.15) is 50.3 Å². The van der Waals surface area contributed by atoms with Gasteiger partial charge in [-0.05, 0) is 42.5 Å². The van der Waals surface area contributed by atoms with E-state index in [1.807, 2.05) is 0 Å². The lowest BCUT2D eigenvalue weighted by atomic mass is 9.69. The van der Waals surface area contributed by atoms with Gasteiger partial charge in [0, 0.05) is 31.5 Å². The van der Waals surface area contributed by atoms with Gasteiger partial charge in [0.05, 0.1) is 20.3 Å². The first-order valence-electron chi connectivity index (χ1n) is 10.0. The van der Waals surface area contributed by atoms with E-state index in [2.05, 4.69) is 36.2 Å². The maximum atomic E-state index is 12.2. The minimum absolute atomic E-state index is 0.0719. The van der Waals surface area contributed by atoms with E-state index in [0.717, 1.165) is 50.3 Å². The van der Waals surface area contributed by atoms with Gasteiger partial charge in [0.1, 0.15) is 5.60 Å². The minimum Gasteiger partial charge on any atom is -0.493 e. The normalized spacial score (nSPS) is 32.4. The number of rotatable bonds is 4. The molecule has 148 valence electrons. The lowest BCUT2D eigenvalue weighted by molar-refractivity contribution is -0.0936. The van der Waals surface area contributed by atoms with Crippen LogP contribution < -0.4 is 14.8 Å². The van der Waals surface area contributed by atoms with Crippen LogP contribution in [0, 0.1) is 5.92 Å². The highest BCUT2D eigenvalue weighted by Gasteiger charge is 2.58. The summed E-state index contributed by atoms with van der Waals surface area (Å²) in [5.74, 6) is 1.89. The zero-order valence-corrected chi connectivity index (χ0v) is 16.7. The first kappa shape index (κ1) is 18.4. The Morgan fingerprint density at radius 2 is 1.96 bits per heavy atom. The Bertz CT molecular complexity index is 737. The molecule has 1 spiro atoms. The summed E-state index contributed by atoms with van der Waals surface area (Å²) in [6, 6.07) is 4.54. The molecule has 0 bridgehead atoms. The molecule has 1 aromatic rings. The number of methoxy groups -OCH3 is 2. The summed E-state index contributed by atoms with van der Waals surface area (Å²) in [5.41, 5.74) is 2.17. The maximum absolute atomic E-state index is 12.2. The van der Waals surface area contributed by atoms with Gasteiger partial charge >= 0.3 is 6.09 Å². The quantitative estimate of drug-likeness (QED) is 0.876. The van der Waals surface area contributed by atoms with Crippen LogP contribution in [0.2, 0.25) is 0 Å². The molecule has 4 rings (SSSR count). The maximum Gasteiger partial charge on any atom is 0.408 e. The Labute approximate surface area is 161 Å². The van der Waals surface area contributed by atoms with Crippen LogP contribution in [0.3, 0.4) is 0 Å². The second kappa shape index (κ2) is 6.89. The molecular formula is C21H30N2O4. The molecule has 6 nitrogen and oxygen atoms in total. The molecular weight excluding hydrogens is 344 g/mol. The van der Waals surface area contributed by atoms with Crippen molar-refractivity contribution in [1.82, 2.24) is 10.2 Å². The van der Waals surface area contributed by atoms with E-state index in [9.17, 15) is 4.79 Å². The van der Waals surface area contributed by atoms with Crippen LogP contribution in [0.15, 0.2) is 12.1 Å². The number of piperidine rings is 1. The van der Waals surface area contributed by atoms with E-state index in [1.54, 1.807) is 14.2 Å². The highest BCUT2D eigenvalue weighted by molar-refractivity contribution is 5.71. The largest absolute Gasteiger partial charge is 0.493 e. The number of hydrogen-bond donors (Lipinski definition) is 1. The highest BCUT2D eigenvalue weighted by atomic mass is 16.6. The molecule has 3 heterocycles. The van der Waals surface area contributed by atoms with Gasteiger partial charge in [0.15, 0.2) is 11.5 Å². The van der Waals surface area contributed by atoms with Crippen LogP contribution in [0.5, 0.6) is 11.5 Å². The summed E-state index contributed by atoms with van der Waals surface area (Å²) in [4.78, 5) is 14.7. The fourth-order valence-corrected chi connectivity index (χ4v) is 5.46. The molecule has 3 aliphatic heterocycles. The van der Waals surface area contributed by atoms with Crippen molar-refractivity contribution in [1.29, 1.82) is 0 Å². The Kier molecular flexibility index (Phi) is 4.70. The molecule has 0 aliphatic carbocycles. The molecule has 0 radical (unpaired) electrons. The summed E-state index contributed by atoms with van der Waals surface area (Å²) in [6.45, 7) is 6.32. The van der Waals surface area contributed by atoms with Gasteiger partial charge in [0.2, 0.25) is 0 Å². The zero-order valence-electron chi connectivity index (χ0n) is 16.7. The van der Waals surface area contributed by atoms with Crippen molar-refractivity contribution in [2.45, 2.75) is 57.2 Å². The number of ether oxygens (including phenoxy) is 3. The van der Waals surface area contributed by atoms with Crippen LogP contribution >= 0.6 is 0 Å². The molecule has 0 aromatic heterocycles. The van der Waals surface area contributed by atoms with Crippen molar-refractivity contribution in [2.24, 2.45) is 5.92 Å². The fourth-order valence-electron chi connectivity index (χ4n) is 5.46. The molecule has 2 fully saturated rings. The van der Waals surface area contributed by atoms with E-state index in [-0.39, 0.29) is 18.2 Å². The van der Waals surface area contributed by atoms with Crippen molar-refractivity contribution in [2.75, 3.05) is 27.3 Å². The Morgan fingerprint density at radius 3 is 2.63 bits per heavy atom. The molecule has 1 N–H and O–H groups in total. The van der Waals surface area contributed by atoms with Gasteiger partial charge in [0.25, 0.3) is 0 Å². The third-order valence-corrected chi connectivity index (χ3v) is 6.84. The van der Waals surface area contributed by atoms with Crippen molar-refractivity contribution >= 4 is 6.09 Å². The molecule has 1 aromatic carbocycles. The Balaban J connectivity index is 1.75. The number of carbonyl (C=O) groups excluding carboxylic acids is 1. The molecule has 0 saturated carbocycles. The van der Waals surface area contributed by atoms with Crippen molar-refractivity contribution in [3.05, 3.63) is 23.3 Å². The number of amides is 1. The minimum atomic E-state index is -0.427. The molecule has 2 saturated heterocycles. The van der Waals surface area contributed by atoms with E-state index in [1.165, 1.54) is 11.1 Å². The Hall–Kier alpha value is -1.95. The smallest absolute Gasteiger partial charge is 0.408 e. The van der Waals surface area contributed by atoms with Gasteiger partial charge < -0.3 is 19.5 Å². The first-order valence-corrected chi connectivity index (χ1v) is 10.0. The van der Waals surface area contributed by atoms with Crippen LogP contribution in [0.25, 0.3) is 0 Å². The highest BCUT2D eigenvalue weighted by Crippen LogP contribution is 2.50. The van der Waals surface area contributed by atoms with E-state index < -0.39 is 5.60 Å². The zero-order chi connectivity index (χ0) is 19.2. The topological polar surface area (TPSA) is 60.0 Å². The second-order valence-electron chi connectivity index (χ2n) is 7.93. The molecule has 27 heavy (non-hydrogen) atoms. The van der Waals surface area contributed by atoms with Crippen molar-refractivity contribution in [3.8, 4) is 11.5 Å². The SMILES string of the molecule is CC[C@H]1CN2CCc3cc(OC)c(OC)cc3[C@@H]2C[C@@]12OC(=O)N[C@H]2CC. The predicted octanol–water partition coefficient (Wildman–Crippen LogP) is 3.29. The van der Waals surface area contributed by atoms with E-state index in [4.69, 9.17) is 14.2 Å². The molecule has 3 aliphatic rings. The summed E-state index contributed by atoms with van der Waals surface area (Å²) < 4.78 is 17.1. The second-order valence-corrected chi connectivity index (χ2v) is 7.93. The van der Waals surface area contributed by atoms with Gasteiger partial charge in [-0.15, -0.1) is 0 Å². The van der Waals surface area contributed by atoms with Crippen molar-refractivity contribution < 1.29 is 19.0 Å². The predicted molar refractivity (Wildman–Crippen MR) is 102 cm³/mol. The summed E-state index contributed by atoms with van der Waals surface area (Å²) in [5, 5.41) is 3.06. The van der Waals surface area contributed by atoms with Crippen molar-refractivity contribution in [3.63, 3.8) is 0 Å². The van der Waals surface area contributed by atoms with E-state index in [0.29, 0.717) is 5.92 Å². The fraction of sp³-hybridized carbons (Fsp3) is 0.667. The van der Waals surface area contributed by atoms with Crippen LogP contribution in [-0.4, -0.2) is 49.9 Å². The molecule has 1 amide bonds. The molecule has 4 atom stereocenters. The number of carbonyl (C=O) groups is 1. The summed E-state index contributed by atoms with van der Waals surface area (Å²) in [7, 11) is 3.35. The summed E-state index contributed by atoms with van der Waals surface area (Å²) >= 11 is 0. The number of alkyl carbamates (subject to hydrolysis) is 1.